The Labute approximate surface area is 91.5 Å². The van der Waals surface area contributed by atoms with Gasteiger partial charge in [-0.05, 0) is 26.3 Å². The van der Waals surface area contributed by atoms with E-state index in [0.29, 0.717) is 11.6 Å². The van der Waals surface area contributed by atoms with Gasteiger partial charge in [0.2, 0.25) is 5.91 Å². The van der Waals surface area contributed by atoms with E-state index >= 15 is 0 Å². The Morgan fingerprint density at radius 2 is 1.87 bits per heavy atom. The molecule has 1 aliphatic heterocycles. The van der Waals surface area contributed by atoms with Crippen LogP contribution in [0.5, 0.6) is 0 Å². The van der Waals surface area contributed by atoms with Gasteiger partial charge in [0.25, 0.3) is 0 Å². The Morgan fingerprint density at radius 3 is 2.33 bits per heavy atom. The van der Waals surface area contributed by atoms with Crippen LogP contribution in [0.4, 0.5) is 0 Å². The van der Waals surface area contributed by atoms with E-state index in [1.165, 1.54) is 0 Å². The predicted octanol–water partition coefficient (Wildman–Crippen LogP) is 0.102. The fourth-order valence-electron chi connectivity index (χ4n) is 1.85. The van der Waals surface area contributed by atoms with Gasteiger partial charge in [-0.25, -0.2) is 0 Å². The molecule has 1 amide bonds. The normalized spacial score (nSPS) is 22.1. The lowest BCUT2D eigenvalue weighted by Gasteiger charge is -2.33. The molecule has 0 bridgehead atoms. The van der Waals surface area contributed by atoms with E-state index in [1.54, 1.807) is 6.92 Å². The minimum atomic E-state index is -0.311. The average Bonchev–Trinajstić information content (AvgIpc) is 2.27. The Morgan fingerprint density at radius 1 is 1.33 bits per heavy atom. The molecule has 0 radical (unpaired) electrons. The third-order valence-corrected chi connectivity index (χ3v) is 3.29. The number of carbonyl (C=O) groups excluding carboxylic acids is 1. The molecular formula is C11H21N3O. The van der Waals surface area contributed by atoms with Gasteiger partial charge in [0.15, 0.2) is 0 Å². The van der Waals surface area contributed by atoms with E-state index < -0.39 is 0 Å². The molecule has 3 N–H and O–H groups in total. The van der Waals surface area contributed by atoms with Gasteiger partial charge in [0, 0.05) is 37.8 Å². The Bertz CT molecular complexity index is 267. The number of nitrogens with one attached hydrogen (secondary N) is 1. The molecular weight excluding hydrogens is 190 g/mol. The molecule has 0 spiro atoms. The molecule has 1 saturated heterocycles. The second-order valence-electron chi connectivity index (χ2n) is 4.13. The molecule has 1 unspecified atom stereocenters. The van der Waals surface area contributed by atoms with Crippen LogP contribution in [-0.4, -0.2) is 43.0 Å². The van der Waals surface area contributed by atoms with Crippen molar-refractivity contribution in [2.24, 2.45) is 5.73 Å². The van der Waals surface area contributed by atoms with Crippen LogP contribution in [0.25, 0.3) is 0 Å². The Hall–Kier alpha value is -0.870. The van der Waals surface area contributed by atoms with Crippen molar-refractivity contribution in [1.29, 1.82) is 0 Å². The number of primary amides is 1. The van der Waals surface area contributed by atoms with Crippen LogP contribution in [0.2, 0.25) is 0 Å². The molecule has 1 heterocycles. The van der Waals surface area contributed by atoms with Crippen LogP contribution < -0.4 is 11.1 Å². The van der Waals surface area contributed by atoms with Crippen LogP contribution in [0.1, 0.15) is 20.8 Å². The second kappa shape index (κ2) is 5.28. The fraction of sp³-hybridized carbons (Fsp3) is 0.727. The minimum Gasteiger partial charge on any atom is -0.366 e. The van der Waals surface area contributed by atoms with Gasteiger partial charge in [0.05, 0.1) is 0 Å². The van der Waals surface area contributed by atoms with Gasteiger partial charge in [-0.15, -0.1) is 0 Å². The van der Waals surface area contributed by atoms with Crippen LogP contribution >= 0.6 is 0 Å². The summed E-state index contributed by atoms with van der Waals surface area (Å²) in [5, 5.41) is 3.31. The zero-order chi connectivity index (χ0) is 11.4. The summed E-state index contributed by atoms with van der Waals surface area (Å²) in [6.45, 7) is 10.0. The summed E-state index contributed by atoms with van der Waals surface area (Å²) in [4.78, 5) is 13.4. The molecule has 4 heteroatoms. The highest BCUT2D eigenvalue weighted by atomic mass is 16.1. The number of nitrogens with two attached hydrogens (primary N) is 1. The number of amides is 1. The van der Waals surface area contributed by atoms with Crippen molar-refractivity contribution >= 4 is 5.91 Å². The number of hydrogen-bond donors (Lipinski definition) is 2. The number of carbonyl (C=O) groups is 1. The molecule has 0 aromatic carbocycles. The zero-order valence-electron chi connectivity index (χ0n) is 9.84. The third kappa shape index (κ3) is 3.04. The van der Waals surface area contributed by atoms with E-state index in [0.717, 1.165) is 31.8 Å². The first-order chi connectivity index (χ1) is 7.04. The summed E-state index contributed by atoms with van der Waals surface area (Å²) >= 11 is 0. The minimum absolute atomic E-state index is 0.305. The number of hydrogen-bond acceptors (Lipinski definition) is 3. The summed E-state index contributed by atoms with van der Waals surface area (Å²) in [7, 11) is 0. The fourth-order valence-corrected chi connectivity index (χ4v) is 1.85. The van der Waals surface area contributed by atoms with E-state index in [4.69, 9.17) is 5.73 Å². The quantitative estimate of drug-likeness (QED) is 0.651. The Kier molecular flexibility index (Phi) is 4.29. The van der Waals surface area contributed by atoms with Gasteiger partial charge in [-0.2, -0.15) is 0 Å². The van der Waals surface area contributed by atoms with E-state index in [2.05, 4.69) is 17.1 Å². The molecule has 0 aliphatic carbocycles. The van der Waals surface area contributed by atoms with Gasteiger partial charge in [0.1, 0.15) is 0 Å². The van der Waals surface area contributed by atoms with Gasteiger partial charge in [-0.1, -0.05) is 0 Å². The molecule has 86 valence electrons. The second-order valence-corrected chi connectivity index (χ2v) is 4.13. The van der Waals surface area contributed by atoms with Crippen LogP contribution in [-0.2, 0) is 4.79 Å². The van der Waals surface area contributed by atoms with Gasteiger partial charge >= 0.3 is 0 Å². The lowest BCUT2D eigenvalue weighted by Crippen LogP contribution is -2.48. The van der Waals surface area contributed by atoms with Crippen molar-refractivity contribution in [3.8, 4) is 0 Å². The third-order valence-electron chi connectivity index (χ3n) is 3.29. The monoisotopic (exact) mass is 211 g/mol. The maximum absolute atomic E-state index is 11.1. The molecule has 4 nitrogen and oxygen atoms in total. The highest BCUT2D eigenvalue weighted by Gasteiger charge is 2.19. The highest BCUT2D eigenvalue weighted by Crippen LogP contribution is 2.14. The molecule has 1 atom stereocenters. The topological polar surface area (TPSA) is 58.4 Å². The maximum atomic E-state index is 11.1. The number of rotatable bonds is 3. The van der Waals surface area contributed by atoms with E-state index in [9.17, 15) is 4.79 Å². The molecule has 0 aromatic rings. The standard InChI is InChI=1S/C11H21N3O/c1-8(9(2)11(12)15)10(3)14-6-4-13-5-7-14/h10,13H,4-7H2,1-3H3,(H2,12,15)/b9-8+. The summed E-state index contributed by atoms with van der Waals surface area (Å²) in [5.41, 5.74) is 7.06. The first-order valence-corrected chi connectivity index (χ1v) is 5.46. The first-order valence-electron chi connectivity index (χ1n) is 5.46. The highest BCUT2D eigenvalue weighted by molar-refractivity contribution is 5.92. The number of piperazine rings is 1. The summed E-state index contributed by atoms with van der Waals surface area (Å²) in [6.07, 6.45) is 0. The van der Waals surface area contributed by atoms with E-state index in [-0.39, 0.29) is 5.91 Å². The molecule has 1 aliphatic rings. The van der Waals surface area contributed by atoms with Crippen LogP contribution in [0, 0.1) is 0 Å². The van der Waals surface area contributed by atoms with Gasteiger partial charge in [-0.3, -0.25) is 9.69 Å². The summed E-state index contributed by atoms with van der Waals surface area (Å²) in [6, 6.07) is 0.305. The summed E-state index contributed by atoms with van der Waals surface area (Å²) < 4.78 is 0. The maximum Gasteiger partial charge on any atom is 0.244 e. The Balaban J connectivity index is 2.69. The lowest BCUT2D eigenvalue weighted by molar-refractivity contribution is -0.114. The molecule has 0 saturated carbocycles. The summed E-state index contributed by atoms with van der Waals surface area (Å²) in [5.74, 6) is -0.311. The van der Waals surface area contributed by atoms with Crippen molar-refractivity contribution in [1.82, 2.24) is 10.2 Å². The average molecular weight is 211 g/mol. The van der Waals surface area contributed by atoms with Crippen molar-refractivity contribution in [2.75, 3.05) is 26.2 Å². The van der Waals surface area contributed by atoms with Crippen molar-refractivity contribution in [3.05, 3.63) is 11.1 Å². The van der Waals surface area contributed by atoms with Gasteiger partial charge < -0.3 is 11.1 Å². The van der Waals surface area contributed by atoms with E-state index in [1.807, 2.05) is 6.92 Å². The first kappa shape index (κ1) is 12.2. The lowest BCUT2D eigenvalue weighted by atomic mass is 10.0. The molecule has 1 fully saturated rings. The number of nitrogens with zero attached hydrogens (tertiary/aromatic N) is 1. The molecule has 15 heavy (non-hydrogen) atoms. The largest absolute Gasteiger partial charge is 0.366 e. The van der Waals surface area contributed by atoms with Crippen molar-refractivity contribution in [2.45, 2.75) is 26.8 Å². The molecule has 1 rings (SSSR count). The van der Waals surface area contributed by atoms with Crippen molar-refractivity contribution in [3.63, 3.8) is 0 Å². The molecule has 0 aromatic heterocycles. The smallest absolute Gasteiger partial charge is 0.244 e. The predicted molar refractivity (Wildman–Crippen MR) is 61.5 cm³/mol. The van der Waals surface area contributed by atoms with Crippen LogP contribution in [0.3, 0.4) is 0 Å². The van der Waals surface area contributed by atoms with Crippen LogP contribution in [0.15, 0.2) is 11.1 Å². The van der Waals surface area contributed by atoms with Crippen molar-refractivity contribution < 1.29 is 4.79 Å². The SMILES string of the molecule is C/C(C(N)=O)=C(/C)C(C)N1CCNCC1. The zero-order valence-corrected chi connectivity index (χ0v) is 9.84.